The van der Waals surface area contributed by atoms with Crippen molar-refractivity contribution in [3.63, 3.8) is 0 Å². The van der Waals surface area contributed by atoms with Crippen molar-refractivity contribution in [2.75, 3.05) is 5.32 Å². The fraction of sp³-hybridized carbons (Fsp3) is 0.381. The van der Waals surface area contributed by atoms with Gasteiger partial charge in [-0.25, -0.2) is 27.5 Å². The molecule has 1 N–H and O–H groups in total. The fourth-order valence-corrected chi connectivity index (χ4v) is 3.69. The van der Waals surface area contributed by atoms with Crippen molar-refractivity contribution in [1.29, 1.82) is 0 Å². The molecule has 13 heteroatoms. The molecule has 1 saturated carbocycles. The Labute approximate surface area is 188 Å². The monoisotopic (exact) mass is 486 g/mol. The van der Waals surface area contributed by atoms with Crippen LogP contribution in [0.2, 0.25) is 0 Å². The van der Waals surface area contributed by atoms with Crippen LogP contribution >= 0.6 is 0 Å². The van der Waals surface area contributed by atoms with Crippen LogP contribution in [0.25, 0.3) is 11.5 Å². The van der Waals surface area contributed by atoms with Crippen molar-refractivity contribution in [1.82, 2.24) is 24.9 Å². The SMILES string of the molecule is Fc1cc(F)cc(Nc2nc(CC[C@@H]3CCC(F)(F)C3)nc(-c3cncc(C(F)(F)F)n3)n2)c1. The van der Waals surface area contributed by atoms with Crippen molar-refractivity contribution >= 4 is 11.6 Å². The smallest absolute Gasteiger partial charge is 0.324 e. The molecule has 1 aliphatic carbocycles. The van der Waals surface area contributed by atoms with Gasteiger partial charge in [-0.05, 0) is 30.9 Å². The Hall–Kier alpha value is -3.38. The van der Waals surface area contributed by atoms with Gasteiger partial charge in [-0.3, -0.25) is 4.98 Å². The molecular weight excluding hydrogens is 469 g/mol. The van der Waals surface area contributed by atoms with E-state index in [2.05, 4.69) is 30.2 Å². The number of hydrogen-bond donors (Lipinski definition) is 1. The largest absolute Gasteiger partial charge is 0.434 e. The lowest BCUT2D eigenvalue weighted by Gasteiger charge is -2.12. The molecular formula is C21H17F7N6. The van der Waals surface area contributed by atoms with E-state index in [-0.39, 0.29) is 54.2 Å². The molecule has 1 aliphatic rings. The molecule has 0 aliphatic heterocycles. The van der Waals surface area contributed by atoms with E-state index in [9.17, 15) is 30.7 Å². The summed E-state index contributed by atoms with van der Waals surface area (Å²) < 4.78 is 93.3. The highest BCUT2D eigenvalue weighted by molar-refractivity contribution is 5.56. The highest BCUT2D eigenvalue weighted by Crippen LogP contribution is 2.40. The van der Waals surface area contributed by atoms with Gasteiger partial charge >= 0.3 is 6.18 Å². The van der Waals surface area contributed by atoms with Crippen LogP contribution in [0.5, 0.6) is 0 Å². The number of aryl methyl sites for hydroxylation is 1. The number of aromatic nitrogens is 5. The van der Waals surface area contributed by atoms with Crippen LogP contribution in [0.4, 0.5) is 42.4 Å². The van der Waals surface area contributed by atoms with Gasteiger partial charge in [0.15, 0.2) is 11.5 Å². The minimum absolute atomic E-state index is 0.0499. The third kappa shape index (κ3) is 5.94. The van der Waals surface area contributed by atoms with E-state index in [1.165, 1.54) is 0 Å². The van der Waals surface area contributed by atoms with E-state index in [1.54, 1.807) is 0 Å². The number of nitrogens with zero attached hydrogens (tertiary/aromatic N) is 5. The Kier molecular flexibility index (Phi) is 6.36. The predicted molar refractivity (Wildman–Crippen MR) is 106 cm³/mol. The standard InChI is InChI=1S/C21H17F7N6/c22-12-5-13(23)7-14(6-12)30-19-33-17(2-1-11-3-4-20(24,25)8-11)32-18(34-19)15-9-29-10-16(31-15)21(26,27)28/h5-7,9-11H,1-4,8H2,(H,30,32,33,34)/t11-/m1/s1. The highest BCUT2D eigenvalue weighted by atomic mass is 19.4. The molecule has 0 saturated heterocycles. The second-order valence-electron chi connectivity index (χ2n) is 7.97. The molecule has 0 amide bonds. The quantitative estimate of drug-likeness (QED) is 0.448. The van der Waals surface area contributed by atoms with E-state index in [0.717, 1.165) is 18.3 Å². The second kappa shape index (κ2) is 9.11. The Morgan fingerprint density at radius 3 is 2.35 bits per heavy atom. The van der Waals surface area contributed by atoms with Crippen LogP contribution in [-0.2, 0) is 12.6 Å². The number of hydrogen-bond acceptors (Lipinski definition) is 6. The summed E-state index contributed by atoms with van der Waals surface area (Å²) in [4.78, 5) is 19.3. The summed E-state index contributed by atoms with van der Waals surface area (Å²) in [6.45, 7) is 0. The molecule has 2 heterocycles. The van der Waals surface area contributed by atoms with E-state index >= 15 is 0 Å². The minimum atomic E-state index is -4.76. The van der Waals surface area contributed by atoms with Gasteiger partial charge in [-0.1, -0.05) is 0 Å². The van der Waals surface area contributed by atoms with Crippen molar-refractivity contribution < 1.29 is 30.7 Å². The fourth-order valence-electron chi connectivity index (χ4n) is 3.69. The van der Waals surface area contributed by atoms with Gasteiger partial charge in [-0.2, -0.15) is 23.1 Å². The van der Waals surface area contributed by atoms with Crippen LogP contribution < -0.4 is 5.32 Å². The summed E-state index contributed by atoms with van der Waals surface area (Å²) in [7, 11) is 0. The zero-order chi connectivity index (χ0) is 24.5. The zero-order valence-corrected chi connectivity index (χ0v) is 17.4. The highest BCUT2D eigenvalue weighted by Gasteiger charge is 2.39. The number of anilines is 2. The first-order chi connectivity index (χ1) is 16.0. The molecule has 0 spiro atoms. The van der Waals surface area contributed by atoms with Crippen molar-refractivity contribution in [3.8, 4) is 11.5 Å². The first kappa shape index (κ1) is 23.8. The Morgan fingerprint density at radius 2 is 1.71 bits per heavy atom. The van der Waals surface area contributed by atoms with E-state index in [1.807, 2.05) is 0 Å². The average Bonchev–Trinajstić information content (AvgIpc) is 3.09. The maximum atomic E-state index is 13.5. The van der Waals surface area contributed by atoms with Crippen LogP contribution in [-0.4, -0.2) is 30.8 Å². The second-order valence-corrected chi connectivity index (χ2v) is 7.97. The number of benzene rings is 1. The molecule has 1 fully saturated rings. The molecule has 0 unspecified atom stereocenters. The van der Waals surface area contributed by atoms with Crippen molar-refractivity contribution in [3.05, 3.63) is 53.7 Å². The first-order valence-electron chi connectivity index (χ1n) is 10.2. The van der Waals surface area contributed by atoms with Crippen LogP contribution in [0.3, 0.4) is 0 Å². The molecule has 3 aromatic rings. The lowest BCUT2D eigenvalue weighted by Crippen LogP contribution is -2.12. The van der Waals surface area contributed by atoms with Crippen LogP contribution in [0.15, 0.2) is 30.6 Å². The Balaban J connectivity index is 1.66. The summed E-state index contributed by atoms with van der Waals surface area (Å²) in [5, 5.41) is 2.59. The molecule has 34 heavy (non-hydrogen) atoms. The normalized spacial score (nSPS) is 17.7. The lowest BCUT2D eigenvalue weighted by molar-refractivity contribution is -0.141. The Bertz CT molecular complexity index is 1160. The minimum Gasteiger partial charge on any atom is -0.324 e. The lowest BCUT2D eigenvalue weighted by atomic mass is 10.0. The van der Waals surface area contributed by atoms with E-state index < -0.39 is 29.4 Å². The van der Waals surface area contributed by atoms with Gasteiger partial charge in [0.1, 0.15) is 23.2 Å². The van der Waals surface area contributed by atoms with Crippen LogP contribution in [0.1, 0.15) is 37.2 Å². The third-order valence-corrected chi connectivity index (χ3v) is 5.24. The van der Waals surface area contributed by atoms with E-state index in [4.69, 9.17) is 0 Å². The molecule has 0 bridgehead atoms. The van der Waals surface area contributed by atoms with E-state index in [0.29, 0.717) is 25.1 Å². The third-order valence-electron chi connectivity index (χ3n) is 5.24. The molecule has 6 nitrogen and oxygen atoms in total. The maximum absolute atomic E-state index is 13.5. The Morgan fingerprint density at radius 1 is 0.971 bits per heavy atom. The van der Waals surface area contributed by atoms with Crippen LogP contribution in [0, 0.1) is 17.6 Å². The van der Waals surface area contributed by atoms with Gasteiger partial charge in [0.25, 0.3) is 0 Å². The van der Waals surface area contributed by atoms with Gasteiger partial charge in [0.2, 0.25) is 11.9 Å². The summed E-state index contributed by atoms with van der Waals surface area (Å²) in [5.41, 5.74) is -1.62. The number of rotatable bonds is 6. The molecule has 1 aromatic carbocycles. The number of nitrogens with one attached hydrogen (secondary N) is 1. The van der Waals surface area contributed by atoms with Gasteiger partial charge in [0, 0.05) is 31.0 Å². The van der Waals surface area contributed by atoms with Crippen molar-refractivity contribution in [2.45, 2.75) is 44.2 Å². The summed E-state index contributed by atoms with van der Waals surface area (Å²) in [6, 6.07) is 2.60. The average molecular weight is 486 g/mol. The molecule has 0 radical (unpaired) electrons. The zero-order valence-electron chi connectivity index (χ0n) is 17.4. The summed E-state index contributed by atoms with van der Waals surface area (Å²) in [5.74, 6) is -5.11. The number of halogens is 7. The maximum Gasteiger partial charge on any atom is 0.434 e. The molecule has 1 atom stereocenters. The summed E-state index contributed by atoms with van der Waals surface area (Å²) >= 11 is 0. The first-order valence-corrected chi connectivity index (χ1v) is 10.2. The van der Waals surface area contributed by atoms with Gasteiger partial charge in [0.05, 0.1) is 12.4 Å². The molecule has 2 aromatic heterocycles. The molecule has 180 valence electrons. The molecule has 4 rings (SSSR count). The van der Waals surface area contributed by atoms with Gasteiger partial charge < -0.3 is 5.32 Å². The van der Waals surface area contributed by atoms with Gasteiger partial charge in [-0.15, -0.1) is 0 Å². The number of alkyl halides is 5. The van der Waals surface area contributed by atoms with Crippen molar-refractivity contribution in [2.24, 2.45) is 5.92 Å². The summed E-state index contributed by atoms with van der Waals surface area (Å²) in [6.07, 6.45) is -2.88. The topological polar surface area (TPSA) is 76.5 Å². The predicted octanol–water partition coefficient (Wildman–Crippen LogP) is 5.74.